The molecule has 0 aliphatic heterocycles. The van der Waals surface area contributed by atoms with Gasteiger partial charge in [0.05, 0.1) is 11.3 Å². The second-order valence-electron chi connectivity index (χ2n) is 4.42. The first-order valence-electron chi connectivity index (χ1n) is 6.30. The normalized spacial score (nSPS) is 11.3. The molecule has 3 aromatic rings. The number of isocyanates is 1. The molecule has 116 valence electrons. The number of fused-ring (bicyclic) bond motifs is 1. The minimum Gasteiger partial charge on any atom is -0.436 e. The molecular formula is C15H7F3N2O3. The molecule has 5 nitrogen and oxygen atoms in total. The summed E-state index contributed by atoms with van der Waals surface area (Å²) in [7, 11) is 0. The molecule has 2 aromatic carbocycles. The highest BCUT2D eigenvalue weighted by atomic mass is 19.4. The van der Waals surface area contributed by atoms with Gasteiger partial charge < -0.3 is 9.15 Å². The van der Waals surface area contributed by atoms with Gasteiger partial charge in [-0.2, -0.15) is 4.99 Å². The Labute approximate surface area is 127 Å². The van der Waals surface area contributed by atoms with Crippen LogP contribution in [0.1, 0.15) is 0 Å². The number of carbonyl (C=O) groups excluding carboxylic acids is 1. The first-order chi connectivity index (χ1) is 11.0. The number of halogens is 3. The molecule has 1 aromatic heterocycles. The molecule has 23 heavy (non-hydrogen) atoms. The average molecular weight is 320 g/mol. The molecule has 0 saturated heterocycles. The molecule has 0 spiro atoms. The number of ether oxygens (including phenoxy) is 1. The number of alkyl halides is 3. The maximum absolute atomic E-state index is 12.5. The van der Waals surface area contributed by atoms with Crippen molar-refractivity contribution < 1.29 is 27.1 Å². The van der Waals surface area contributed by atoms with Crippen molar-refractivity contribution in [2.75, 3.05) is 0 Å². The Bertz CT molecular complexity index is 879. The van der Waals surface area contributed by atoms with Gasteiger partial charge in [0.2, 0.25) is 12.0 Å². The van der Waals surface area contributed by atoms with Gasteiger partial charge in [-0.05, 0) is 30.3 Å². The van der Waals surface area contributed by atoms with E-state index in [0.29, 0.717) is 11.1 Å². The van der Waals surface area contributed by atoms with E-state index in [4.69, 9.17) is 4.42 Å². The van der Waals surface area contributed by atoms with Crippen molar-refractivity contribution in [1.82, 2.24) is 4.98 Å². The predicted molar refractivity (Wildman–Crippen MR) is 73.9 cm³/mol. The number of rotatable bonds is 3. The zero-order valence-corrected chi connectivity index (χ0v) is 11.3. The standard InChI is InChI=1S/C15H7F3N2O3/c16-15(17,18)23-12-6-5-9(19-8-21)7-10(12)14-20-11-3-1-2-4-13(11)22-14/h1-7H. The number of aliphatic imine (C=N–C) groups is 1. The number of hydrogen-bond acceptors (Lipinski definition) is 5. The largest absolute Gasteiger partial charge is 0.573 e. The summed E-state index contributed by atoms with van der Waals surface area (Å²) in [6, 6.07) is 10.1. The molecule has 0 amide bonds. The van der Waals surface area contributed by atoms with E-state index in [-0.39, 0.29) is 17.1 Å². The Balaban J connectivity index is 2.17. The smallest absolute Gasteiger partial charge is 0.436 e. The Morgan fingerprint density at radius 3 is 2.65 bits per heavy atom. The number of hydrogen-bond donors (Lipinski definition) is 0. The molecule has 3 rings (SSSR count). The fourth-order valence-electron chi connectivity index (χ4n) is 2.01. The summed E-state index contributed by atoms with van der Waals surface area (Å²) in [5, 5.41) is 0. The van der Waals surface area contributed by atoms with E-state index in [0.717, 1.165) is 6.07 Å². The highest BCUT2D eigenvalue weighted by molar-refractivity contribution is 5.78. The van der Waals surface area contributed by atoms with Crippen molar-refractivity contribution >= 4 is 22.9 Å². The third-order valence-corrected chi connectivity index (χ3v) is 2.89. The van der Waals surface area contributed by atoms with Crippen LogP contribution >= 0.6 is 0 Å². The van der Waals surface area contributed by atoms with E-state index >= 15 is 0 Å². The van der Waals surface area contributed by atoms with Gasteiger partial charge in [-0.15, -0.1) is 13.2 Å². The predicted octanol–water partition coefficient (Wildman–Crippen LogP) is 4.36. The van der Waals surface area contributed by atoms with Gasteiger partial charge in [-0.1, -0.05) is 12.1 Å². The summed E-state index contributed by atoms with van der Waals surface area (Å²) in [6.45, 7) is 0. The molecule has 0 aliphatic carbocycles. The Kier molecular flexibility index (Phi) is 3.59. The highest BCUT2D eigenvalue weighted by Crippen LogP contribution is 2.37. The average Bonchev–Trinajstić information content (AvgIpc) is 2.91. The van der Waals surface area contributed by atoms with Crippen LogP contribution in [0.4, 0.5) is 18.9 Å². The molecule has 8 heteroatoms. The quantitative estimate of drug-likeness (QED) is 0.531. The van der Waals surface area contributed by atoms with Crippen molar-refractivity contribution in [3.8, 4) is 17.2 Å². The van der Waals surface area contributed by atoms with Gasteiger partial charge in [-0.3, -0.25) is 0 Å². The highest BCUT2D eigenvalue weighted by Gasteiger charge is 2.33. The number of aromatic nitrogens is 1. The Morgan fingerprint density at radius 2 is 1.96 bits per heavy atom. The first-order valence-corrected chi connectivity index (χ1v) is 6.30. The van der Waals surface area contributed by atoms with Gasteiger partial charge in [0.1, 0.15) is 11.3 Å². The molecule has 0 bridgehead atoms. The van der Waals surface area contributed by atoms with Crippen molar-refractivity contribution in [3.63, 3.8) is 0 Å². The van der Waals surface area contributed by atoms with Gasteiger partial charge >= 0.3 is 6.36 Å². The third-order valence-electron chi connectivity index (χ3n) is 2.89. The van der Waals surface area contributed by atoms with Crippen LogP contribution in [0, 0.1) is 0 Å². The van der Waals surface area contributed by atoms with Crippen LogP contribution in [0.25, 0.3) is 22.6 Å². The molecule has 0 saturated carbocycles. The lowest BCUT2D eigenvalue weighted by atomic mass is 10.1. The molecule has 0 unspecified atom stereocenters. The monoisotopic (exact) mass is 320 g/mol. The summed E-state index contributed by atoms with van der Waals surface area (Å²) < 4.78 is 47.0. The summed E-state index contributed by atoms with van der Waals surface area (Å²) in [6.07, 6.45) is -3.56. The van der Waals surface area contributed by atoms with Gasteiger partial charge in [0, 0.05) is 0 Å². The summed E-state index contributed by atoms with van der Waals surface area (Å²) in [5.74, 6) is -0.581. The second kappa shape index (κ2) is 5.58. The maximum atomic E-state index is 12.5. The fourth-order valence-corrected chi connectivity index (χ4v) is 2.01. The number of nitrogens with zero attached hydrogens (tertiary/aromatic N) is 2. The molecule has 1 heterocycles. The van der Waals surface area contributed by atoms with Crippen LogP contribution in [0.3, 0.4) is 0 Å². The van der Waals surface area contributed by atoms with E-state index in [9.17, 15) is 18.0 Å². The van der Waals surface area contributed by atoms with Gasteiger partial charge in [-0.25, -0.2) is 9.78 Å². The SMILES string of the molecule is O=C=Nc1ccc(OC(F)(F)F)c(-c2nc3ccccc3o2)c1. The Morgan fingerprint density at radius 1 is 1.17 bits per heavy atom. The molecular weight excluding hydrogens is 313 g/mol. The lowest BCUT2D eigenvalue weighted by Gasteiger charge is -2.11. The second-order valence-corrected chi connectivity index (χ2v) is 4.42. The van der Waals surface area contributed by atoms with Crippen LogP contribution in [-0.2, 0) is 4.79 Å². The van der Waals surface area contributed by atoms with E-state index in [1.54, 1.807) is 24.3 Å². The van der Waals surface area contributed by atoms with Crippen LogP contribution in [0.5, 0.6) is 5.75 Å². The zero-order valence-electron chi connectivity index (χ0n) is 11.3. The fraction of sp³-hybridized carbons (Fsp3) is 0.0667. The van der Waals surface area contributed by atoms with Crippen LogP contribution in [0.15, 0.2) is 51.9 Å². The zero-order chi connectivity index (χ0) is 16.4. The van der Waals surface area contributed by atoms with E-state index in [2.05, 4.69) is 14.7 Å². The summed E-state index contributed by atoms with van der Waals surface area (Å²) in [5.41, 5.74) is 0.913. The minimum absolute atomic E-state index is 0.0741. The summed E-state index contributed by atoms with van der Waals surface area (Å²) in [4.78, 5) is 17.8. The van der Waals surface area contributed by atoms with Crippen molar-refractivity contribution in [2.45, 2.75) is 6.36 Å². The molecule has 0 atom stereocenters. The topological polar surface area (TPSA) is 64.7 Å². The van der Waals surface area contributed by atoms with Crippen LogP contribution in [-0.4, -0.2) is 17.4 Å². The molecule has 0 N–H and O–H groups in total. The lowest BCUT2D eigenvalue weighted by Crippen LogP contribution is -2.17. The first kappa shape index (κ1) is 14.8. The summed E-state index contributed by atoms with van der Waals surface area (Å²) >= 11 is 0. The van der Waals surface area contributed by atoms with E-state index in [1.165, 1.54) is 18.2 Å². The Hall–Kier alpha value is -3.12. The lowest BCUT2D eigenvalue weighted by molar-refractivity contribution is -0.274. The van der Waals surface area contributed by atoms with E-state index < -0.39 is 12.1 Å². The van der Waals surface area contributed by atoms with Crippen molar-refractivity contribution in [2.24, 2.45) is 4.99 Å². The minimum atomic E-state index is -4.88. The molecule has 0 fully saturated rings. The van der Waals surface area contributed by atoms with Crippen LogP contribution < -0.4 is 4.74 Å². The third kappa shape index (κ3) is 3.22. The van der Waals surface area contributed by atoms with Gasteiger partial charge in [0.15, 0.2) is 5.58 Å². The molecule has 0 aliphatic rings. The van der Waals surface area contributed by atoms with E-state index in [1.807, 2.05) is 0 Å². The van der Waals surface area contributed by atoms with Crippen molar-refractivity contribution in [3.05, 3.63) is 42.5 Å². The number of oxazole rings is 1. The molecule has 0 radical (unpaired) electrons. The number of benzene rings is 2. The maximum Gasteiger partial charge on any atom is 0.573 e. The van der Waals surface area contributed by atoms with Crippen molar-refractivity contribution in [1.29, 1.82) is 0 Å². The van der Waals surface area contributed by atoms with Gasteiger partial charge in [0.25, 0.3) is 0 Å². The van der Waals surface area contributed by atoms with Crippen LogP contribution in [0.2, 0.25) is 0 Å². The number of para-hydroxylation sites is 2.